The van der Waals surface area contributed by atoms with Crippen LogP contribution in [0.15, 0.2) is 0 Å². The van der Waals surface area contributed by atoms with Gasteiger partial charge in [-0.15, -0.1) is 0 Å². The van der Waals surface area contributed by atoms with E-state index in [1.54, 1.807) is 4.90 Å². The predicted molar refractivity (Wildman–Crippen MR) is 51.0 cm³/mol. The minimum absolute atomic E-state index is 0.261. The molecule has 0 aromatic rings. The maximum atomic E-state index is 11.4. The Labute approximate surface area is 83.1 Å². The third-order valence-electron chi connectivity index (χ3n) is 2.54. The van der Waals surface area contributed by atoms with E-state index in [1.807, 2.05) is 0 Å². The Balaban J connectivity index is 2.28. The van der Waals surface area contributed by atoms with Crippen LogP contribution >= 0.6 is 0 Å². The maximum Gasteiger partial charge on any atom is 0.323 e. The van der Waals surface area contributed by atoms with E-state index in [9.17, 15) is 9.59 Å². The highest BCUT2D eigenvalue weighted by Crippen LogP contribution is 2.18. The van der Waals surface area contributed by atoms with Crippen molar-refractivity contribution >= 4 is 12.0 Å². The van der Waals surface area contributed by atoms with Gasteiger partial charge in [0, 0.05) is 13.1 Å². The van der Waals surface area contributed by atoms with E-state index in [0.29, 0.717) is 5.92 Å². The first-order valence-corrected chi connectivity index (χ1v) is 4.88. The molecule has 80 valence electrons. The Morgan fingerprint density at radius 1 is 1.57 bits per heavy atom. The quantitative estimate of drug-likeness (QED) is 0.697. The first kappa shape index (κ1) is 10.8. The van der Waals surface area contributed by atoms with Crippen molar-refractivity contribution in [3.8, 4) is 0 Å². The van der Waals surface area contributed by atoms with Gasteiger partial charge in [0.2, 0.25) is 0 Å². The number of urea groups is 1. The maximum absolute atomic E-state index is 11.4. The fourth-order valence-corrected chi connectivity index (χ4v) is 1.61. The van der Waals surface area contributed by atoms with Gasteiger partial charge in [0.1, 0.15) is 6.54 Å². The monoisotopic (exact) mass is 200 g/mol. The second-order valence-electron chi connectivity index (χ2n) is 3.56. The summed E-state index contributed by atoms with van der Waals surface area (Å²) in [6.45, 7) is 3.29. The van der Waals surface area contributed by atoms with Crippen LogP contribution in [-0.2, 0) is 4.79 Å². The van der Waals surface area contributed by atoms with Gasteiger partial charge in [-0.1, -0.05) is 13.3 Å². The molecule has 5 nitrogen and oxygen atoms in total. The van der Waals surface area contributed by atoms with Gasteiger partial charge in [0.05, 0.1) is 0 Å². The van der Waals surface area contributed by atoms with Crippen LogP contribution in [0, 0.1) is 5.92 Å². The summed E-state index contributed by atoms with van der Waals surface area (Å²) in [5, 5.41) is 10.7. The highest BCUT2D eigenvalue weighted by atomic mass is 16.4. The van der Waals surface area contributed by atoms with Gasteiger partial charge in [-0.05, 0) is 12.3 Å². The highest BCUT2D eigenvalue weighted by molar-refractivity contribution is 5.80. The fourth-order valence-electron chi connectivity index (χ4n) is 1.61. The van der Waals surface area contributed by atoms with Gasteiger partial charge in [0.25, 0.3) is 0 Å². The molecule has 0 spiro atoms. The number of carbonyl (C=O) groups is 2. The average molecular weight is 200 g/mol. The second-order valence-corrected chi connectivity index (χ2v) is 3.56. The zero-order chi connectivity index (χ0) is 10.6. The molecule has 1 saturated heterocycles. The molecule has 5 heteroatoms. The summed E-state index contributed by atoms with van der Waals surface area (Å²) in [6.07, 6.45) is 2.10. The molecule has 1 atom stereocenters. The Bertz CT molecular complexity index is 230. The second kappa shape index (κ2) is 4.83. The van der Waals surface area contributed by atoms with E-state index in [0.717, 1.165) is 25.9 Å². The SMILES string of the molecule is CCC1CCN(C(=O)NCC(=O)O)C1. The smallest absolute Gasteiger partial charge is 0.323 e. The first-order chi connectivity index (χ1) is 6.63. The highest BCUT2D eigenvalue weighted by Gasteiger charge is 2.24. The van der Waals surface area contributed by atoms with Crippen molar-refractivity contribution in [2.24, 2.45) is 5.92 Å². The number of rotatable bonds is 3. The molecule has 2 N–H and O–H groups in total. The molecule has 1 rings (SSSR count). The van der Waals surface area contributed by atoms with Crippen LogP contribution in [0.2, 0.25) is 0 Å². The van der Waals surface area contributed by atoms with Crippen molar-refractivity contribution in [1.82, 2.24) is 10.2 Å². The van der Waals surface area contributed by atoms with Gasteiger partial charge >= 0.3 is 12.0 Å². The van der Waals surface area contributed by atoms with Crippen LogP contribution in [0.4, 0.5) is 4.79 Å². The molecule has 0 aromatic carbocycles. The standard InChI is InChI=1S/C9H16N2O3/c1-2-7-3-4-11(6-7)9(14)10-5-8(12)13/h7H,2-6H2,1H3,(H,10,14)(H,12,13). The van der Waals surface area contributed by atoms with Crippen molar-refractivity contribution in [3.63, 3.8) is 0 Å². The fraction of sp³-hybridized carbons (Fsp3) is 0.778. The van der Waals surface area contributed by atoms with E-state index in [-0.39, 0.29) is 12.6 Å². The largest absolute Gasteiger partial charge is 0.480 e. The van der Waals surface area contributed by atoms with Crippen LogP contribution in [0.1, 0.15) is 19.8 Å². The minimum atomic E-state index is -1.01. The van der Waals surface area contributed by atoms with Crippen LogP contribution in [0.5, 0.6) is 0 Å². The summed E-state index contributed by atoms with van der Waals surface area (Å²) in [4.78, 5) is 23.2. The molecule has 1 aliphatic rings. The lowest BCUT2D eigenvalue weighted by molar-refractivity contribution is -0.135. The predicted octanol–water partition coefficient (Wildman–Crippen LogP) is 0.512. The molecular formula is C9H16N2O3. The van der Waals surface area contributed by atoms with Gasteiger partial charge in [-0.25, -0.2) is 4.79 Å². The number of nitrogens with zero attached hydrogens (tertiary/aromatic N) is 1. The molecular weight excluding hydrogens is 184 g/mol. The Hall–Kier alpha value is -1.26. The molecule has 1 fully saturated rings. The molecule has 14 heavy (non-hydrogen) atoms. The van der Waals surface area contributed by atoms with E-state index in [2.05, 4.69) is 12.2 Å². The van der Waals surface area contributed by atoms with Crippen LogP contribution in [0.3, 0.4) is 0 Å². The van der Waals surface area contributed by atoms with E-state index in [4.69, 9.17) is 5.11 Å². The summed E-state index contributed by atoms with van der Waals surface area (Å²) in [7, 11) is 0. The number of aliphatic carboxylic acids is 1. The molecule has 0 aromatic heterocycles. The summed E-state index contributed by atoms with van der Waals surface area (Å²) < 4.78 is 0. The number of amides is 2. The van der Waals surface area contributed by atoms with Crippen LogP contribution < -0.4 is 5.32 Å². The van der Waals surface area contributed by atoms with Crippen molar-refractivity contribution in [2.45, 2.75) is 19.8 Å². The van der Waals surface area contributed by atoms with E-state index < -0.39 is 5.97 Å². The van der Waals surface area contributed by atoms with Crippen molar-refractivity contribution < 1.29 is 14.7 Å². The number of carboxylic acids is 1. The molecule has 0 saturated carbocycles. The Morgan fingerprint density at radius 2 is 2.29 bits per heavy atom. The lowest BCUT2D eigenvalue weighted by Gasteiger charge is -2.16. The normalized spacial score (nSPS) is 20.9. The Kier molecular flexibility index (Phi) is 3.73. The molecule has 0 bridgehead atoms. The number of hydrogen-bond donors (Lipinski definition) is 2. The van der Waals surface area contributed by atoms with Crippen molar-refractivity contribution in [2.75, 3.05) is 19.6 Å². The minimum Gasteiger partial charge on any atom is -0.480 e. The summed E-state index contributed by atoms with van der Waals surface area (Å²) in [6, 6.07) is -0.261. The summed E-state index contributed by atoms with van der Waals surface area (Å²) in [5.41, 5.74) is 0. The lowest BCUT2D eigenvalue weighted by Crippen LogP contribution is -2.40. The zero-order valence-electron chi connectivity index (χ0n) is 8.32. The third kappa shape index (κ3) is 2.90. The van der Waals surface area contributed by atoms with Gasteiger partial charge in [0.15, 0.2) is 0 Å². The van der Waals surface area contributed by atoms with Gasteiger partial charge in [-0.2, -0.15) is 0 Å². The topological polar surface area (TPSA) is 69.6 Å². The van der Waals surface area contributed by atoms with Crippen molar-refractivity contribution in [3.05, 3.63) is 0 Å². The Morgan fingerprint density at radius 3 is 2.79 bits per heavy atom. The summed E-state index contributed by atoms with van der Waals surface area (Å²) in [5.74, 6) is -0.435. The first-order valence-electron chi connectivity index (χ1n) is 4.88. The van der Waals surface area contributed by atoms with Gasteiger partial charge in [-0.3, -0.25) is 4.79 Å². The molecule has 2 amide bonds. The number of carbonyl (C=O) groups excluding carboxylic acids is 1. The van der Waals surface area contributed by atoms with E-state index in [1.165, 1.54) is 0 Å². The average Bonchev–Trinajstić information content (AvgIpc) is 2.62. The third-order valence-corrected chi connectivity index (χ3v) is 2.54. The molecule has 1 heterocycles. The van der Waals surface area contributed by atoms with Crippen LogP contribution in [-0.4, -0.2) is 41.6 Å². The molecule has 1 aliphatic heterocycles. The lowest BCUT2D eigenvalue weighted by atomic mass is 10.1. The number of hydrogen-bond acceptors (Lipinski definition) is 2. The van der Waals surface area contributed by atoms with Crippen LogP contribution in [0.25, 0.3) is 0 Å². The summed E-state index contributed by atoms with van der Waals surface area (Å²) >= 11 is 0. The molecule has 0 aliphatic carbocycles. The number of carboxylic acid groups (broad SMARTS) is 1. The van der Waals surface area contributed by atoms with Crippen molar-refractivity contribution in [1.29, 1.82) is 0 Å². The number of likely N-dealkylation sites (tertiary alicyclic amines) is 1. The number of nitrogens with one attached hydrogen (secondary N) is 1. The molecule has 0 radical (unpaired) electrons. The van der Waals surface area contributed by atoms with E-state index >= 15 is 0 Å². The molecule has 1 unspecified atom stereocenters. The van der Waals surface area contributed by atoms with Gasteiger partial charge < -0.3 is 15.3 Å². The zero-order valence-corrected chi connectivity index (χ0v) is 8.32.